The molecule has 2 aromatic heterocycles. The molecule has 0 saturated carbocycles. The zero-order valence-corrected chi connectivity index (χ0v) is 12.3. The standard InChI is InChI=1S/C15H14N4OS/c1-21-15-18-17-14(10-12-6-3-2-4-7-12)19(15)16-11-13-8-5-9-20-13/h2-9,11H,10H2,1H3/b16-11-. The quantitative estimate of drug-likeness (QED) is 0.536. The van der Waals surface area contributed by atoms with Crippen LogP contribution in [-0.2, 0) is 6.42 Å². The molecule has 5 nitrogen and oxygen atoms in total. The first kappa shape index (κ1) is 13.6. The molecule has 0 aliphatic carbocycles. The number of hydrogen-bond acceptors (Lipinski definition) is 5. The Morgan fingerprint density at radius 2 is 2.05 bits per heavy atom. The minimum Gasteiger partial charge on any atom is -0.463 e. The molecule has 0 atom stereocenters. The van der Waals surface area contributed by atoms with Gasteiger partial charge in [-0.3, -0.25) is 0 Å². The number of benzene rings is 1. The van der Waals surface area contributed by atoms with Crippen molar-refractivity contribution in [2.45, 2.75) is 11.6 Å². The van der Waals surface area contributed by atoms with E-state index in [0.717, 1.165) is 11.0 Å². The van der Waals surface area contributed by atoms with Gasteiger partial charge >= 0.3 is 0 Å². The fourth-order valence-electron chi connectivity index (χ4n) is 1.91. The van der Waals surface area contributed by atoms with Gasteiger partial charge in [0.25, 0.3) is 0 Å². The monoisotopic (exact) mass is 298 g/mol. The Labute approximate surface area is 126 Å². The first-order chi connectivity index (χ1) is 10.4. The Morgan fingerprint density at radius 1 is 1.19 bits per heavy atom. The molecule has 0 N–H and O–H groups in total. The van der Waals surface area contributed by atoms with E-state index >= 15 is 0 Å². The smallest absolute Gasteiger partial charge is 0.211 e. The third-order valence-corrected chi connectivity index (χ3v) is 3.53. The molecule has 6 heteroatoms. The second kappa shape index (κ2) is 6.41. The van der Waals surface area contributed by atoms with Crippen molar-refractivity contribution in [1.29, 1.82) is 0 Å². The van der Waals surface area contributed by atoms with E-state index in [0.29, 0.717) is 12.2 Å². The van der Waals surface area contributed by atoms with Crippen molar-refractivity contribution in [3.05, 3.63) is 65.9 Å². The molecule has 0 unspecified atom stereocenters. The molecule has 3 aromatic rings. The zero-order chi connectivity index (χ0) is 14.5. The van der Waals surface area contributed by atoms with E-state index in [-0.39, 0.29) is 0 Å². The molecule has 21 heavy (non-hydrogen) atoms. The summed E-state index contributed by atoms with van der Waals surface area (Å²) in [5, 5.41) is 13.6. The second-order valence-corrected chi connectivity index (χ2v) is 5.11. The summed E-state index contributed by atoms with van der Waals surface area (Å²) >= 11 is 1.51. The van der Waals surface area contributed by atoms with E-state index in [1.807, 2.05) is 36.6 Å². The van der Waals surface area contributed by atoms with Crippen molar-refractivity contribution in [1.82, 2.24) is 14.9 Å². The van der Waals surface area contributed by atoms with Crippen LogP contribution in [0, 0.1) is 0 Å². The van der Waals surface area contributed by atoms with Crippen molar-refractivity contribution in [3.8, 4) is 0 Å². The van der Waals surface area contributed by atoms with Crippen LogP contribution < -0.4 is 0 Å². The minimum atomic E-state index is 0.684. The van der Waals surface area contributed by atoms with Crippen LogP contribution in [0.2, 0.25) is 0 Å². The lowest BCUT2D eigenvalue weighted by atomic mass is 10.1. The number of hydrogen-bond donors (Lipinski definition) is 0. The molecular weight excluding hydrogens is 284 g/mol. The molecule has 0 fully saturated rings. The average Bonchev–Trinajstić information content (AvgIpc) is 3.16. The molecule has 0 radical (unpaired) electrons. The molecule has 0 saturated heterocycles. The van der Waals surface area contributed by atoms with Gasteiger partial charge in [-0.05, 0) is 24.0 Å². The number of thioether (sulfide) groups is 1. The highest BCUT2D eigenvalue weighted by Gasteiger charge is 2.11. The van der Waals surface area contributed by atoms with E-state index in [2.05, 4.69) is 27.4 Å². The van der Waals surface area contributed by atoms with Crippen molar-refractivity contribution in [2.75, 3.05) is 6.26 Å². The maximum atomic E-state index is 5.25. The minimum absolute atomic E-state index is 0.684. The number of rotatable bonds is 5. The highest BCUT2D eigenvalue weighted by Crippen LogP contribution is 2.16. The van der Waals surface area contributed by atoms with Gasteiger partial charge in [0.2, 0.25) is 5.16 Å². The molecule has 106 valence electrons. The molecule has 3 rings (SSSR count). The Hall–Kier alpha value is -2.34. The third-order valence-electron chi connectivity index (χ3n) is 2.91. The summed E-state index contributed by atoms with van der Waals surface area (Å²) in [6.07, 6.45) is 5.92. The molecule has 1 aromatic carbocycles. The lowest BCUT2D eigenvalue weighted by Gasteiger charge is -2.02. The average molecular weight is 298 g/mol. The molecule has 0 bridgehead atoms. The Balaban J connectivity index is 1.89. The molecule has 0 aliphatic heterocycles. The van der Waals surface area contributed by atoms with Gasteiger partial charge in [0.1, 0.15) is 5.76 Å². The summed E-state index contributed by atoms with van der Waals surface area (Å²) in [5.74, 6) is 1.50. The summed E-state index contributed by atoms with van der Waals surface area (Å²) in [6, 6.07) is 13.8. The first-order valence-corrected chi connectivity index (χ1v) is 7.69. The van der Waals surface area contributed by atoms with Crippen molar-refractivity contribution < 1.29 is 4.42 Å². The van der Waals surface area contributed by atoms with E-state index in [9.17, 15) is 0 Å². The molecular formula is C15H14N4OS. The lowest BCUT2D eigenvalue weighted by molar-refractivity contribution is 0.558. The molecule has 0 spiro atoms. The van der Waals surface area contributed by atoms with E-state index in [4.69, 9.17) is 4.42 Å². The number of aromatic nitrogens is 3. The maximum absolute atomic E-state index is 5.25. The summed E-state index contributed by atoms with van der Waals surface area (Å²) in [5.41, 5.74) is 1.17. The van der Waals surface area contributed by atoms with Crippen LogP contribution in [-0.4, -0.2) is 27.3 Å². The fourth-order valence-corrected chi connectivity index (χ4v) is 2.35. The summed E-state index contributed by atoms with van der Waals surface area (Å²) in [7, 11) is 0. The van der Waals surface area contributed by atoms with Crippen LogP contribution >= 0.6 is 11.8 Å². The van der Waals surface area contributed by atoms with Gasteiger partial charge in [0, 0.05) is 6.42 Å². The Morgan fingerprint density at radius 3 is 2.76 bits per heavy atom. The van der Waals surface area contributed by atoms with Crippen LogP contribution in [0.5, 0.6) is 0 Å². The molecule has 2 heterocycles. The van der Waals surface area contributed by atoms with Gasteiger partial charge in [-0.15, -0.1) is 10.2 Å². The van der Waals surface area contributed by atoms with Gasteiger partial charge in [-0.1, -0.05) is 42.1 Å². The highest BCUT2D eigenvalue weighted by atomic mass is 32.2. The molecule has 0 amide bonds. The topological polar surface area (TPSA) is 56.2 Å². The van der Waals surface area contributed by atoms with E-state index in [1.54, 1.807) is 17.2 Å². The van der Waals surface area contributed by atoms with Crippen LogP contribution in [0.4, 0.5) is 0 Å². The molecule has 0 aliphatic rings. The lowest BCUT2D eigenvalue weighted by Crippen LogP contribution is -2.01. The Bertz CT molecular complexity index is 719. The predicted octanol–water partition coefficient (Wildman–Crippen LogP) is 3.07. The summed E-state index contributed by atoms with van der Waals surface area (Å²) < 4.78 is 7.00. The third kappa shape index (κ3) is 3.22. The predicted molar refractivity (Wildman–Crippen MR) is 82.8 cm³/mol. The number of furan rings is 1. The maximum Gasteiger partial charge on any atom is 0.211 e. The summed E-state index contributed by atoms with van der Waals surface area (Å²) in [4.78, 5) is 0. The van der Waals surface area contributed by atoms with Crippen molar-refractivity contribution in [2.24, 2.45) is 5.10 Å². The van der Waals surface area contributed by atoms with Gasteiger partial charge in [0.05, 0.1) is 12.5 Å². The fraction of sp³-hybridized carbons (Fsp3) is 0.133. The summed E-state index contributed by atoms with van der Waals surface area (Å²) in [6.45, 7) is 0. The van der Waals surface area contributed by atoms with Gasteiger partial charge in [-0.2, -0.15) is 9.78 Å². The van der Waals surface area contributed by atoms with Gasteiger partial charge in [-0.25, -0.2) is 0 Å². The van der Waals surface area contributed by atoms with Crippen LogP contribution in [0.1, 0.15) is 17.1 Å². The second-order valence-electron chi connectivity index (χ2n) is 4.34. The van der Waals surface area contributed by atoms with Gasteiger partial charge in [0.15, 0.2) is 5.82 Å². The Kier molecular flexibility index (Phi) is 4.16. The van der Waals surface area contributed by atoms with E-state index in [1.165, 1.54) is 17.3 Å². The van der Waals surface area contributed by atoms with Gasteiger partial charge < -0.3 is 4.42 Å². The SMILES string of the molecule is CSc1nnc(Cc2ccccc2)n1/N=C\c1ccco1. The van der Waals surface area contributed by atoms with Crippen LogP contribution in [0.15, 0.2) is 63.4 Å². The van der Waals surface area contributed by atoms with E-state index < -0.39 is 0 Å². The van der Waals surface area contributed by atoms with Crippen LogP contribution in [0.3, 0.4) is 0 Å². The zero-order valence-electron chi connectivity index (χ0n) is 11.5. The van der Waals surface area contributed by atoms with Crippen molar-refractivity contribution >= 4 is 18.0 Å². The van der Waals surface area contributed by atoms with Crippen molar-refractivity contribution in [3.63, 3.8) is 0 Å². The normalized spacial score (nSPS) is 11.3. The number of nitrogens with zero attached hydrogens (tertiary/aromatic N) is 4. The largest absolute Gasteiger partial charge is 0.463 e. The van der Waals surface area contributed by atoms with Crippen LogP contribution in [0.25, 0.3) is 0 Å². The highest BCUT2D eigenvalue weighted by molar-refractivity contribution is 7.98. The first-order valence-electron chi connectivity index (χ1n) is 6.47.